The molecule has 0 saturated heterocycles. The molecule has 0 unspecified atom stereocenters. The van der Waals surface area contributed by atoms with Crippen molar-refractivity contribution in [2.24, 2.45) is 0 Å². The summed E-state index contributed by atoms with van der Waals surface area (Å²) in [6.07, 6.45) is 1.70. The number of halogens is 1. The van der Waals surface area contributed by atoms with Crippen LogP contribution < -0.4 is 4.74 Å². The van der Waals surface area contributed by atoms with Crippen LogP contribution in [0.3, 0.4) is 0 Å². The quantitative estimate of drug-likeness (QED) is 0.743. The summed E-state index contributed by atoms with van der Waals surface area (Å²) in [6.45, 7) is 0. The molecule has 20 heavy (non-hydrogen) atoms. The van der Waals surface area contributed by atoms with Crippen molar-refractivity contribution in [2.45, 2.75) is 0 Å². The van der Waals surface area contributed by atoms with Gasteiger partial charge in [-0.1, -0.05) is 6.07 Å². The average molecular weight is 287 g/mol. The highest BCUT2D eigenvalue weighted by Crippen LogP contribution is 2.22. The molecule has 0 saturated carbocycles. The van der Waals surface area contributed by atoms with Crippen LogP contribution in [0, 0.1) is 0 Å². The van der Waals surface area contributed by atoms with Crippen LogP contribution in [0.2, 0.25) is 5.28 Å². The summed E-state index contributed by atoms with van der Waals surface area (Å²) in [5, 5.41) is 4.38. The number of ether oxygens (including phenoxy) is 1. The van der Waals surface area contributed by atoms with Gasteiger partial charge in [-0.2, -0.15) is 4.98 Å². The number of nitrogens with zero attached hydrogens (tertiary/aromatic N) is 4. The van der Waals surface area contributed by atoms with Crippen LogP contribution in [0.5, 0.6) is 5.75 Å². The smallest absolute Gasteiger partial charge is 0.243 e. The molecular formula is C14H11ClN4O. The predicted molar refractivity (Wildman–Crippen MR) is 76.2 cm³/mol. The lowest BCUT2D eigenvalue weighted by Crippen LogP contribution is -2.00. The van der Waals surface area contributed by atoms with E-state index in [0.717, 1.165) is 11.4 Å². The summed E-state index contributed by atoms with van der Waals surface area (Å²) in [6, 6.07) is 13.1. The molecule has 100 valence electrons. The minimum Gasteiger partial charge on any atom is -0.497 e. The zero-order valence-electron chi connectivity index (χ0n) is 10.7. The Morgan fingerprint density at radius 3 is 2.55 bits per heavy atom. The van der Waals surface area contributed by atoms with E-state index in [2.05, 4.69) is 15.1 Å². The topological polar surface area (TPSA) is 52.8 Å². The molecule has 6 heteroatoms. The molecule has 0 radical (unpaired) electrons. The lowest BCUT2D eigenvalue weighted by atomic mass is 10.3. The van der Waals surface area contributed by atoms with Crippen LogP contribution in [-0.2, 0) is 0 Å². The highest BCUT2D eigenvalue weighted by Gasteiger charge is 2.13. The van der Waals surface area contributed by atoms with Crippen LogP contribution in [-0.4, -0.2) is 26.9 Å². The van der Waals surface area contributed by atoms with Crippen molar-refractivity contribution in [3.05, 3.63) is 53.9 Å². The molecule has 3 aromatic rings. The van der Waals surface area contributed by atoms with Gasteiger partial charge in [0.15, 0.2) is 5.82 Å². The van der Waals surface area contributed by atoms with Crippen molar-refractivity contribution in [3.63, 3.8) is 0 Å². The SMILES string of the molecule is COc1ccc(-n2nc(Cl)nc2-c2ccccn2)cc1. The Morgan fingerprint density at radius 1 is 1.10 bits per heavy atom. The molecule has 0 atom stereocenters. The Hall–Kier alpha value is -2.40. The average Bonchev–Trinajstić information content (AvgIpc) is 2.90. The molecule has 0 aliphatic rings. The maximum Gasteiger partial charge on any atom is 0.243 e. The van der Waals surface area contributed by atoms with E-state index in [1.165, 1.54) is 0 Å². The largest absolute Gasteiger partial charge is 0.497 e. The third-order valence-corrected chi connectivity index (χ3v) is 2.95. The number of hydrogen-bond donors (Lipinski definition) is 0. The van der Waals surface area contributed by atoms with Crippen molar-refractivity contribution in [3.8, 4) is 23.0 Å². The van der Waals surface area contributed by atoms with Gasteiger partial charge in [0, 0.05) is 6.20 Å². The number of hydrogen-bond acceptors (Lipinski definition) is 4. The van der Waals surface area contributed by atoms with Crippen molar-refractivity contribution >= 4 is 11.6 Å². The summed E-state index contributed by atoms with van der Waals surface area (Å²) < 4.78 is 6.80. The van der Waals surface area contributed by atoms with Gasteiger partial charge in [-0.25, -0.2) is 4.68 Å². The van der Waals surface area contributed by atoms with Crippen LogP contribution in [0.4, 0.5) is 0 Å². The molecule has 0 N–H and O–H groups in total. The third kappa shape index (κ3) is 2.35. The second kappa shape index (κ2) is 5.30. The summed E-state index contributed by atoms with van der Waals surface area (Å²) in [5.41, 5.74) is 1.55. The van der Waals surface area contributed by atoms with Crippen molar-refractivity contribution in [2.75, 3.05) is 7.11 Å². The number of pyridine rings is 1. The Bertz CT molecular complexity index is 710. The molecule has 0 aliphatic carbocycles. The van der Waals surface area contributed by atoms with Gasteiger partial charge in [-0.3, -0.25) is 4.98 Å². The molecule has 0 bridgehead atoms. The van der Waals surface area contributed by atoms with Gasteiger partial charge in [-0.05, 0) is 48.0 Å². The predicted octanol–water partition coefficient (Wildman–Crippen LogP) is 2.99. The zero-order chi connectivity index (χ0) is 13.9. The zero-order valence-corrected chi connectivity index (χ0v) is 11.4. The monoisotopic (exact) mass is 286 g/mol. The molecule has 1 aromatic carbocycles. The fourth-order valence-electron chi connectivity index (χ4n) is 1.85. The van der Waals surface area contributed by atoms with Crippen LogP contribution >= 0.6 is 11.6 Å². The fourth-order valence-corrected chi connectivity index (χ4v) is 2.01. The van der Waals surface area contributed by atoms with Crippen LogP contribution in [0.15, 0.2) is 48.7 Å². The minimum absolute atomic E-state index is 0.182. The molecule has 0 spiro atoms. The first-order chi connectivity index (χ1) is 9.78. The normalized spacial score (nSPS) is 10.5. The van der Waals surface area contributed by atoms with Gasteiger partial charge >= 0.3 is 0 Å². The first-order valence-electron chi connectivity index (χ1n) is 5.96. The van der Waals surface area contributed by atoms with E-state index < -0.39 is 0 Å². The molecule has 5 nitrogen and oxygen atoms in total. The molecular weight excluding hydrogens is 276 g/mol. The van der Waals surface area contributed by atoms with E-state index >= 15 is 0 Å². The molecule has 0 amide bonds. The van der Waals surface area contributed by atoms with Crippen molar-refractivity contribution in [1.82, 2.24) is 19.7 Å². The number of methoxy groups -OCH3 is 1. The highest BCUT2D eigenvalue weighted by molar-refractivity contribution is 6.28. The van der Waals surface area contributed by atoms with E-state index in [4.69, 9.17) is 16.3 Å². The maximum atomic E-state index is 5.93. The number of benzene rings is 1. The summed E-state index contributed by atoms with van der Waals surface area (Å²) in [7, 11) is 1.63. The molecule has 0 fully saturated rings. The Kier molecular flexibility index (Phi) is 3.35. The maximum absolute atomic E-state index is 5.93. The van der Waals surface area contributed by atoms with Crippen molar-refractivity contribution < 1.29 is 4.74 Å². The standard InChI is InChI=1S/C14H11ClN4O/c1-20-11-7-5-10(6-8-11)19-13(17-14(15)18-19)12-4-2-3-9-16-12/h2-9H,1H3. The Labute approximate surface area is 120 Å². The van der Waals surface area contributed by atoms with E-state index in [1.54, 1.807) is 18.0 Å². The molecule has 0 aliphatic heterocycles. The third-order valence-electron chi connectivity index (χ3n) is 2.79. The van der Waals surface area contributed by atoms with Gasteiger partial charge in [0.05, 0.1) is 12.8 Å². The van der Waals surface area contributed by atoms with Gasteiger partial charge < -0.3 is 4.74 Å². The minimum atomic E-state index is 0.182. The van der Waals surface area contributed by atoms with Gasteiger partial charge in [0.25, 0.3) is 0 Å². The van der Waals surface area contributed by atoms with Gasteiger partial charge in [0.2, 0.25) is 5.28 Å². The highest BCUT2D eigenvalue weighted by atomic mass is 35.5. The van der Waals surface area contributed by atoms with Gasteiger partial charge in [-0.15, -0.1) is 5.10 Å². The second-order valence-electron chi connectivity index (χ2n) is 4.03. The first-order valence-corrected chi connectivity index (χ1v) is 6.34. The molecule has 2 aromatic heterocycles. The first kappa shape index (κ1) is 12.6. The molecule has 3 rings (SSSR count). The lowest BCUT2D eigenvalue weighted by molar-refractivity contribution is 0.414. The van der Waals surface area contributed by atoms with E-state index in [9.17, 15) is 0 Å². The number of rotatable bonds is 3. The summed E-state index contributed by atoms with van der Waals surface area (Å²) in [5.74, 6) is 1.38. The lowest BCUT2D eigenvalue weighted by Gasteiger charge is -2.06. The summed E-state index contributed by atoms with van der Waals surface area (Å²) >= 11 is 5.93. The number of aromatic nitrogens is 4. The second-order valence-corrected chi connectivity index (χ2v) is 4.37. The van der Waals surface area contributed by atoms with Crippen LogP contribution in [0.1, 0.15) is 0 Å². The molecule has 2 heterocycles. The Balaban J connectivity index is 2.09. The fraction of sp³-hybridized carbons (Fsp3) is 0.0714. The van der Waals surface area contributed by atoms with E-state index in [0.29, 0.717) is 11.5 Å². The van der Waals surface area contributed by atoms with Crippen LogP contribution in [0.25, 0.3) is 17.2 Å². The van der Waals surface area contributed by atoms with E-state index in [-0.39, 0.29) is 5.28 Å². The van der Waals surface area contributed by atoms with Crippen molar-refractivity contribution in [1.29, 1.82) is 0 Å². The van der Waals surface area contributed by atoms with Gasteiger partial charge in [0.1, 0.15) is 11.4 Å². The summed E-state index contributed by atoms with van der Waals surface area (Å²) in [4.78, 5) is 8.50. The Morgan fingerprint density at radius 2 is 1.90 bits per heavy atom. The van der Waals surface area contributed by atoms with E-state index in [1.807, 2.05) is 42.5 Å².